The molecule has 0 unspecified atom stereocenters. The van der Waals surface area contributed by atoms with Crippen molar-refractivity contribution in [2.75, 3.05) is 73.3 Å². The number of isothiocyanates is 1. The zero-order chi connectivity index (χ0) is 60.2. The van der Waals surface area contributed by atoms with Crippen molar-refractivity contribution in [3.05, 3.63) is 132 Å². The Hall–Kier alpha value is -8.39. The maximum Gasteiger partial charge on any atom is 0.419 e. The minimum absolute atomic E-state index is 0.0351. The van der Waals surface area contributed by atoms with E-state index >= 15 is 0 Å². The molecule has 6 N–H and O–H groups in total. The molecule has 0 saturated carbocycles. The summed E-state index contributed by atoms with van der Waals surface area (Å²) in [5.74, 6) is -1.78. The first-order valence-electron chi connectivity index (χ1n) is 25.7. The van der Waals surface area contributed by atoms with E-state index in [0.29, 0.717) is 69.9 Å². The van der Waals surface area contributed by atoms with Crippen LogP contribution in [0.15, 0.2) is 102 Å². The number of benzene rings is 4. The summed E-state index contributed by atoms with van der Waals surface area (Å²) < 4.78 is 143. The summed E-state index contributed by atoms with van der Waals surface area (Å²) >= 11 is 4.10. The smallest absolute Gasteiger partial charge is 0.419 e. The van der Waals surface area contributed by atoms with Gasteiger partial charge >= 0.3 is 12.4 Å². The highest BCUT2D eigenvalue weighted by molar-refractivity contribution is 7.78. The van der Waals surface area contributed by atoms with Gasteiger partial charge in [-0.2, -0.15) is 31.3 Å². The summed E-state index contributed by atoms with van der Waals surface area (Å²) in [5, 5.41) is 12.9. The van der Waals surface area contributed by atoms with Crippen molar-refractivity contribution in [3.63, 3.8) is 0 Å². The van der Waals surface area contributed by atoms with E-state index in [4.69, 9.17) is 15.2 Å². The number of carbonyl (C=O) groups is 2. The van der Waals surface area contributed by atoms with Gasteiger partial charge in [0, 0.05) is 62.9 Å². The number of hydrogen-bond acceptors (Lipinski definition) is 14. The Kier molecular flexibility index (Phi) is 20.7. The number of ether oxygens (including phenoxy) is 2. The van der Waals surface area contributed by atoms with Crippen molar-refractivity contribution >= 4 is 80.6 Å². The lowest BCUT2D eigenvalue weighted by Crippen LogP contribution is -2.38. The van der Waals surface area contributed by atoms with Gasteiger partial charge in [0.05, 0.1) is 57.5 Å². The number of amides is 2. The number of nitrogen functional groups attached to an aromatic ring is 1. The molecule has 2 fully saturated rings. The quantitative estimate of drug-likeness (QED) is 0.0300. The largest absolute Gasteiger partial charge is 0.457 e. The fraction of sp³-hybridized carbons (Fsp3) is 0.321. The maximum absolute atomic E-state index is 14.3. The Morgan fingerprint density at radius 1 is 0.663 bits per heavy atom. The molecule has 83 heavy (non-hydrogen) atoms. The highest BCUT2D eigenvalue weighted by Crippen LogP contribution is 2.37. The monoisotopic (exact) mass is 1180 g/mol. The molecule has 3 aromatic heterocycles. The molecule has 2 saturated heterocycles. The maximum atomic E-state index is 14.3. The summed E-state index contributed by atoms with van der Waals surface area (Å²) in [5.41, 5.74) is 3.94. The normalized spacial score (nSPS) is 14.3. The molecule has 2 aliphatic rings. The van der Waals surface area contributed by atoms with Gasteiger partial charge in [-0.25, -0.2) is 32.5 Å². The van der Waals surface area contributed by atoms with Gasteiger partial charge in [-0.3, -0.25) is 19.4 Å². The van der Waals surface area contributed by atoms with Crippen molar-refractivity contribution in [3.8, 4) is 23.0 Å². The number of anilines is 6. The molecule has 2 aliphatic heterocycles. The van der Waals surface area contributed by atoms with Crippen molar-refractivity contribution in [1.82, 2.24) is 29.3 Å². The number of likely N-dealkylation sites (tertiary alicyclic amines) is 2. The lowest BCUT2D eigenvalue weighted by atomic mass is 9.99. The lowest BCUT2D eigenvalue weighted by Gasteiger charge is -2.29. The molecule has 9 rings (SSSR count). The summed E-state index contributed by atoms with van der Waals surface area (Å²) in [4.78, 5) is 44.9. The molecule has 0 spiro atoms. The number of halogens is 10. The number of alkyl halides is 6. The Bertz CT molecular complexity index is 3470. The number of rotatable bonds is 14. The third-order valence-corrected chi connectivity index (χ3v) is 13.3. The highest BCUT2D eigenvalue weighted by Gasteiger charge is 2.36. The molecule has 16 nitrogen and oxygen atoms in total. The number of nitrogens with zero attached hydrogens (tertiary/aromatic N) is 7. The average Bonchev–Trinajstić information content (AvgIpc) is 4.01. The van der Waals surface area contributed by atoms with Crippen LogP contribution in [0.1, 0.15) is 50.7 Å². The van der Waals surface area contributed by atoms with Crippen LogP contribution in [0.25, 0.3) is 11.0 Å². The van der Waals surface area contributed by atoms with E-state index < -0.39 is 58.1 Å². The van der Waals surface area contributed by atoms with Crippen LogP contribution in [-0.2, 0) is 29.0 Å². The van der Waals surface area contributed by atoms with Crippen LogP contribution in [0.4, 0.5) is 84.2 Å². The van der Waals surface area contributed by atoms with Gasteiger partial charge in [-0.1, -0.05) is 13.8 Å². The summed E-state index contributed by atoms with van der Waals surface area (Å²) in [6, 6.07) is 17.9. The van der Waals surface area contributed by atoms with Gasteiger partial charge in [0.15, 0.2) is 5.82 Å². The summed E-state index contributed by atoms with van der Waals surface area (Å²) in [6.07, 6.45) is -2.36. The lowest BCUT2D eigenvalue weighted by molar-refractivity contribution is -0.140. The molecule has 2 amide bonds. The predicted octanol–water partition coefficient (Wildman–Crippen LogP) is 13.4. The van der Waals surface area contributed by atoms with Crippen molar-refractivity contribution in [1.29, 1.82) is 0 Å². The second-order valence-corrected chi connectivity index (χ2v) is 19.7. The Morgan fingerprint density at radius 3 is 1.64 bits per heavy atom. The number of aliphatic imine (C=N–C) groups is 1. The third kappa shape index (κ3) is 17.6. The topological polar surface area (TPSA) is 189 Å². The van der Waals surface area contributed by atoms with Crippen LogP contribution in [0.2, 0.25) is 0 Å². The van der Waals surface area contributed by atoms with Gasteiger partial charge in [0.1, 0.15) is 57.8 Å². The summed E-state index contributed by atoms with van der Waals surface area (Å²) in [7, 11) is 3.40. The molecule has 7 aromatic rings. The van der Waals surface area contributed by atoms with E-state index in [-0.39, 0.29) is 42.5 Å². The van der Waals surface area contributed by atoms with Gasteiger partial charge in [-0.15, -0.1) is 0 Å². The van der Waals surface area contributed by atoms with E-state index in [1.54, 1.807) is 66.9 Å². The number of nitrogens with one attached hydrogen (secondary N) is 4. The van der Waals surface area contributed by atoms with Crippen LogP contribution in [-0.4, -0.2) is 92.6 Å². The standard InChI is InChI=1S/C28H27F5N6O2.C20H27N5O2.C8H2F5NS/c1-16-6-9-39(10-7-16)15-26(40)37-25-12-18(5-8-34-25)41-17-3-4-24-23(11-17)36-27(38(24)2)35-22-13-19(28(31,32)33)20(29)14-21(22)30;1-14-6-9-25(10-7-14)13-20(26)24-19-12-16(5-8-23-19)27-15-3-4-18(22-2)17(21)11-15;9-5-2-6(10)7(14-3-15)1-4(5)8(11,12)13/h3-5,8,11-14,16H,6-7,9-10,15H2,1-2H3,(H,35,36)(H,34,37,40);3-5,8,11-12,14,22H,6-7,9-10,13,21H2,1-2H3,(H,23,24,26);1-2H. The Morgan fingerprint density at radius 2 is 1.14 bits per heavy atom. The van der Waals surface area contributed by atoms with Gasteiger partial charge < -0.3 is 41.0 Å². The van der Waals surface area contributed by atoms with E-state index in [0.717, 1.165) is 63.5 Å². The Balaban J connectivity index is 0.000000201. The number of imidazole rings is 1. The predicted molar refractivity (Wildman–Crippen MR) is 297 cm³/mol. The molecule has 0 radical (unpaired) electrons. The number of piperidine rings is 2. The first-order chi connectivity index (χ1) is 39.3. The van der Waals surface area contributed by atoms with Crippen LogP contribution < -0.4 is 36.5 Å². The number of carbonyl (C=O) groups excluding carboxylic acids is 2. The minimum atomic E-state index is -4.99. The van der Waals surface area contributed by atoms with Crippen LogP contribution in [0, 0.1) is 35.1 Å². The van der Waals surface area contributed by atoms with E-state index in [9.17, 15) is 53.5 Å². The van der Waals surface area contributed by atoms with Crippen molar-refractivity contribution < 1.29 is 63.0 Å². The number of fused-ring (bicyclic) bond motifs is 1. The van der Waals surface area contributed by atoms with Crippen molar-refractivity contribution in [2.45, 2.75) is 51.9 Å². The molecule has 440 valence electrons. The molecule has 4 aromatic carbocycles. The van der Waals surface area contributed by atoms with E-state index in [1.807, 2.05) is 19.2 Å². The molecule has 5 heterocycles. The first-order valence-corrected chi connectivity index (χ1v) is 26.1. The number of hydrogen-bond donors (Lipinski definition) is 5. The Labute approximate surface area is 475 Å². The fourth-order valence-corrected chi connectivity index (χ4v) is 8.73. The fourth-order valence-electron chi connectivity index (χ4n) is 8.63. The molecular formula is C56H56F10N12O4S. The van der Waals surface area contributed by atoms with Gasteiger partial charge in [0.2, 0.25) is 17.8 Å². The first kappa shape index (κ1) is 62.2. The van der Waals surface area contributed by atoms with Gasteiger partial charge in [-0.05, 0) is 124 Å². The number of nitrogens with two attached hydrogens (primary N) is 1. The molecule has 27 heteroatoms. The molecule has 0 aliphatic carbocycles. The zero-order valence-corrected chi connectivity index (χ0v) is 45.8. The second kappa shape index (κ2) is 27.6. The summed E-state index contributed by atoms with van der Waals surface area (Å²) in [6.45, 7) is 8.83. The van der Waals surface area contributed by atoms with E-state index in [1.165, 1.54) is 10.8 Å². The minimum Gasteiger partial charge on any atom is -0.457 e. The third-order valence-electron chi connectivity index (χ3n) is 13.2. The van der Waals surface area contributed by atoms with Crippen molar-refractivity contribution in [2.24, 2.45) is 23.9 Å². The van der Waals surface area contributed by atoms with E-state index in [2.05, 4.69) is 77.1 Å². The van der Waals surface area contributed by atoms with Crippen LogP contribution in [0.3, 0.4) is 0 Å². The number of pyridine rings is 2. The number of aryl methyl sites for hydroxylation is 1. The molecule has 0 atom stereocenters. The average molecular weight is 1180 g/mol. The number of aromatic nitrogens is 4. The molecule has 0 bridgehead atoms. The van der Waals surface area contributed by atoms with Crippen LogP contribution in [0.5, 0.6) is 23.0 Å². The van der Waals surface area contributed by atoms with Gasteiger partial charge in [0.25, 0.3) is 0 Å². The number of thiocarbonyl (C=S) groups is 1. The van der Waals surface area contributed by atoms with Crippen LogP contribution >= 0.6 is 12.2 Å². The SMILES string of the molecule is CC1CCN(CC(=O)Nc2cc(Oc3ccc4c(c3)nc(Nc3cc(C(F)(F)F)c(F)cc3F)n4C)ccn2)CC1.CNc1ccc(Oc2ccnc(NC(=O)CN3CCC(C)CC3)c2)cc1N.Fc1cc(F)c(C(F)(F)F)cc1N=C=S. The molecular weight excluding hydrogens is 1130 g/mol. The zero-order valence-electron chi connectivity index (χ0n) is 45.0. The second-order valence-electron chi connectivity index (χ2n) is 19.5. The highest BCUT2D eigenvalue weighted by atomic mass is 32.1.